The maximum atomic E-state index is 12.0. The number of hydrogen-bond donors (Lipinski definition) is 3. The maximum Gasteiger partial charge on any atom is 0.275 e. The van der Waals surface area contributed by atoms with Crippen molar-refractivity contribution < 1.29 is 19.7 Å². The number of carbonyl (C=O) groups excluding carboxylic acids is 1. The first-order valence-corrected chi connectivity index (χ1v) is 8.24. The number of amides is 1. The minimum atomic E-state index is -0.577. The van der Waals surface area contributed by atoms with E-state index in [2.05, 4.69) is 10.5 Å². The van der Waals surface area contributed by atoms with Crippen LogP contribution in [0.25, 0.3) is 0 Å². The van der Waals surface area contributed by atoms with Gasteiger partial charge in [-0.25, -0.2) is 5.43 Å². The Bertz CT molecular complexity index is 938. The Kier molecular flexibility index (Phi) is 5.69. The zero-order valence-corrected chi connectivity index (χ0v) is 14.4. The predicted octanol–water partition coefficient (Wildman–Crippen LogP) is 3.44. The molecule has 0 aromatic heterocycles. The molecule has 27 heavy (non-hydrogen) atoms. The van der Waals surface area contributed by atoms with Crippen LogP contribution in [0.2, 0.25) is 0 Å². The number of aromatic hydroxyl groups is 2. The Morgan fingerprint density at radius 1 is 1.00 bits per heavy atom. The van der Waals surface area contributed by atoms with Gasteiger partial charge in [-0.15, -0.1) is 0 Å². The number of ether oxygens (including phenoxy) is 1. The number of nitrogens with zero attached hydrogens (tertiary/aromatic N) is 1. The Hall–Kier alpha value is -3.80. The Labute approximate surface area is 156 Å². The molecular formula is C21H18N2O4. The van der Waals surface area contributed by atoms with Gasteiger partial charge in [-0.3, -0.25) is 4.79 Å². The lowest BCUT2D eigenvalue weighted by atomic mass is 10.2. The zero-order valence-electron chi connectivity index (χ0n) is 14.4. The molecule has 0 aliphatic rings. The van der Waals surface area contributed by atoms with Crippen LogP contribution in [0.1, 0.15) is 21.5 Å². The Balaban J connectivity index is 1.53. The summed E-state index contributed by atoms with van der Waals surface area (Å²) in [5.74, 6) is -0.287. The van der Waals surface area contributed by atoms with Gasteiger partial charge in [0, 0.05) is 6.07 Å². The summed E-state index contributed by atoms with van der Waals surface area (Å²) in [6, 6.07) is 20.9. The summed E-state index contributed by atoms with van der Waals surface area (Å²) in [6.45, 7) is 0.487. The average molecular weight is 362 g/mol. The number of nitrogens with one attached hydrogen (secondary N) is 1. The molecule has 0 saturated heterocycles. The van der Waals surface area contributed by atoms with Crippen molar-refractivity contribution >= 4 is 12.1 Å². The Morgan fingerprint density at radius 3 is 2.44 bits per heavy atom. The summed E-state index contributed by atoms with van der Waals surface area (Å²) in [7, 11) is 0. The van der Waals surface area contributed by atoms with Crippen LogP contribution in [0, 0.1) is 0 Å². The van der Waals surface area contributed by atoms with Crippen LogP contribution < -0.4 is 10.2 Å². The van der Waals surface area contributed by atoms with Crippen molar-refractivity contribution in [3.8, 4) is 17.2 Å². The third kappa shape index (κ3) is 5.09. The van der Waals surface area contributed by atoms with Gasteiger partial charge in [-0.1, -0.05) is 30.3 Å². The second kappa shape index (κ2) is 8.53. The van der Waals surface area contributed by atoms with E-state index < -0.39 is 5.91 Å². The number of rotatable bonds is 6. The third-order valence-electron chi connectivity index (χ3n) is 3.73. The normalized spacial score (nSPS) is 10.7. The Morgan fingerprint density at radius 2 is 1.74 bits per heavy atom. The molecule has 3 N–H and O–H groups in total. The molecule has 3 aromatic rings. The molecule has 6 nitrogen and oxygen atoms in total. The number of benzene rings is 3. The molecule has 3 aromatic carbocycles. The first kappa shape index (κ1) is 18.0. The van der Waals surface area contributed by atoms with Crippen LogP contribution in [0.5, 0.6) is 17.2 Å². The second-order valence-electron chi connectivity index (χ2n) is 5.74. The molecule has 3 rings (SSSR count). The number of carbonyl (C=O) groups is 1. The summed E-state index contributed by atoms with van der Waals surface area (Å²) >= 11 is 0. The third-order valence-corrected chi connectivity index (χ3v) is 3.73. The first-order chi connectivity index (χ1) is 13.1. The van der Waals surface area contributed by atoms with Gasteiger partial charge in [0.1, 0.15) is 23.9 Å². The van der Waals surface area contributed by atoms with E-state index in [1.165, 1.54) is 18.3 Å². The SMILES string of the molecule is O=C(NN=Cc1ccc(OCc2ccccc2)cc1)c1ccc(O)cc1O. The monoisotopic (exact) mass is 362 g/mol. The lowest BCUT2D eigenvalue weighted by Crippen LogP contribution is -2.17. The van der Waals surface area contributed by atoms with Gasteiger partial charge in [0.15, 0.2) is 0 Å². The maximum absolute atomic E-state index is 12.0. The highest BCUT2D eigenvalue weighted by molar-refractivity contribution is 5.97. The van der Waals surface area contributed by atoms with Crippen molar-refractivity contribution in [1.82, 2.24) is 5.43 Å². The highest BCUT2D eigenvalue weighted by Crippen LogP contribution is 2.22. The molecule has 1 amide bonds. The van der Waals surface area contributed by atoms with Gasteiger partial charge in [-0.2, -0.15) is 5.10 Å². The molecular weight excluding hydrogens is 344 g/mol. The molecule has 0 fully saturated rings. The first-order valence-electron chi connectivity index (χ1n) is 8.24. The molecule has 0 spiro atoms. The molecule has 0 radical (unpaired) electrons. The molecule has 0 aliphatic carbocycles. The van der Waals surface area contributed by atoms with Gasteiger partial charge in [0.25, 0.3) is 5.91 Å². The summed E-state index contributed by atoms with van der Waals surface area (Å²) in [6.07, 6.45) is 1.48. The van der Waals surface area contributed by atoms with E-state index in [0.29, 0.717) is 6.61 Å². The van der Waals surface area contributed by atoms with Crippen molar-refractivity contribution in [3.05, 3.63) is 89.5 Å². The standard InChI is InChI=1S/C21H18N2O4/c24-17-8-11-19(20(25)12-17)21(26)23-22-13-15-6-9-18(10-7-15)27-14-16-4-2-1-3-5-16/h1-13,24-25H,14H2,(H,23,26). The van der Waals surface area contributed by atoms with Crippen LogP contribution >= 0.6 is 0 Å². The molecule has 6 heteroatoms. The number of phenolic OH excluding ortho intramolecular Hbond substituents is 2. The van der Waals surface area contributed by atoms with Crippen LogP contribution in [0.15, 0.2) is 77.9 Å². The van der Waals surface area contributed by atoms with Crippen LogP contribution in [0.4, 0.5) is 0 Å². The number of hydrazone groups is 1. The fourth-order valence-electron chi connectivity index (χ4n) is 2.33. The van der Waals surface area contributed by atoms with Crippen LogP contribution in [-0.4, -0.2) is 22.3 Å². The highest BCUT2D eigenvalue weighted by atomic mass is 16.5. The van der Waals surface area contributed by atoms with E-state index in [9.17, 15) is 15.0 Å². The van der Waals surface area contributed by atoms with E-state index >= 15 is 0 Å². The lowest BCUT2D eigenvalue weighted by Gasteiger charge is -2.06. The van der Waals surface area contributed by atoms with Crippen molar-refractivity contribution in [2.24, 2.45) is 5.10 Å². The topological polar surface area (TPSA) is 91.2 Å². The van der Waals surface area contributed by atoms with E-state index in [4.69, 9.17) is 4.74 Å². The second-order valence-corrected chi connectivity index (χ2v) is 5.74. The van der Waals surface area contributed by atoms with Crippen LogP contribution in [-0.2, 0) is 6.61 Å². The summed E-state index contributed by atoms with van der Waals surface area (Å²) in [5.41, 5.74) is 4.21. The summed E-state index contributed by atoms with van der Waals surface area (Å²) in [5, 5.41) is 22.8. The smallest absolute Gasteiger partial charge is 0.275 e. The van der Waals surface area contributed by atoms with Crippen LogP contribution in [0.3, 0.4) is 0 Å². The van der Waals surface area contributed by atoms with Gasteiger partial charge in [0.2, 0.25) is 0 Å². The molecule has 0 bridgehead atoms. The fraction of sp³-hybridized carbons (Fsp3) is 0.0476. The minimum absolute atomic E-state index is 0.0228. The van der Waals surface area contributed by atoms with E-state index in [1.807, 2.05) is 54.6 Å². The number of hydrogen-bond acceptors (Lipinski definition) is 5. The quantitative estimate of drug-likeness (QED) is 0.463. The molecule has 0 unspecified atom stereocenters. The van der Waals surface area contributed by atoms with Gasteiger partial charge in [0.05, 0.1) is 11.8 Å². The summed E-state index contributed by atoms with van der Waals surface area (Å²) < 4.78 is 5.71. The van der Waals surface area contributed by atoms with Crippen molar-refractivity contribution in [3.63, 3.8) is 0 Å². The average Bonchev–Trinajstić information content (AvgIpc) is 2.68. The van der Waals surface area contributed by atoms with Gasteiger partial charge < -0.3 is 14.9 Å². The van der Waals surface area contributed by atoms with Crippen molar-refractivity contribution in [2.45, 2.75) is 6.61 Å². The highest BCUT2D eigenvalue weighted by Gasteiger charge is 2.10. The zero-order chi connectivity index (χ0) is 19.1. The molecule has 0 atom stereocenters. The van der Waals surface area contributed by atoms with E-state index in [1.54, 1.807) is 0 Å². The largest absolute Gasteiger partial charge is 0.508 e. The van der Waals surface area contributed by atoms with Crippen molar-refractivity contribution in [1.29, 1.82) is 0 Å². The van der Waals surface area contributed by atoms with Gasteiger partial charge >= 0.3 is 0 Å². The lowest BCUT2D eigenvalue weighted by molar-refractivity contribution is 0.0952. The summed E-state index contributed by atoms with van der Waals surface area (Å²) in [4.78, 5) is 12.0. The minimum Gasteiger partial charge on any atom is -0.508 e. The van der Waals surface area contributed by atoms with E-state index in [0.717, 1.165) is 22.9 Å². The van der Waals surface area contributed by atoms with Crippen molar-refractivity contribution in [2.75, 3.05) is 0 Å². The number of phenols is 2. The fourth-order valence-corrected chi connectivity index (χ4v) is 2.33. The van der Waals surface area contributed by atoms with Gasteiger partial charge in [-0.05, 0) is 47.5 Å². The molecule has 0 heterocycles. The van der Waals surface area contributed by atoms with E-state index in [-0.39, 0.29) is 17.1 Å². The predicted molar refractivity (Wildman–Crippen MR) is 102 cm³/mol. The molecule has 0 saturated carbocycles. The molecule has 0 aliphatic heterocycles. The molecule has 136 valence electrons.